The molecule has 0 bridgehead atoms. The van der Waals surface area contributed by atoms with Gasteiger partial charge in [0.25, 0.3) is 11.1 Å². The van der Waals surface area contributed by atoms with Gasteiger partial charge in [-0.3, -0.25) is 29.4 Å². The van der Waals surface area contributed by atoms with Gasteiger partial charge < -0.3 is 10.6 Å². The van der Waals surface area contributed by atoms with Gasteiger partial charge in [0, 0.05) is 5.92 Å². The second-order valence-electron chi connectivity index (χ2n) is 5.88. The fourth-order valence-electron chi connectivity index (χ4n) is 2.87. The lowest BCUT2D eigenvalue weighted by Crippen LogP contribution is -2.37. The summed E-state index contributed by atoms with van der Waals surface area (Å²) in [7, 11) is 0. The Hall–Kier alpha value is -3.16. The number of aromatic nitrogens is 2. The van der Waals surface area contributed by atoms with Crippen molar-refractivity contribution in [3.63, 3.8) is 0 Å². The number of benzene rings is 1. The number of hydrogen-bond donors (Lipinski definition) is 4. The molecule has 0 saturated carbocycles. The number of anilines is 1. The third kappa shape index (κ3) is 3.68. The predicted octanol–water partition coefficient (Wildman–Crippen LogP) is 0.627. The normalized spacial score (nSPS) is 16.6. The zero-order valence-electron chi connectivity index (χ0n) is 13.4. The van der Waals surface area contributed by atoms with Crippen LogP contribution in [-0.4, -0.2) is 28.6 Å². The van der Waals surface area contributed by atoms with Crippen molar-refractivity contribution in [3.05, 3.63) is 51.1 Å². The number of H-pyrrole nitrogens is 2. The van der Waals surface area contributed by atoms with E-state index in [2.05, 4.69) is 20.8 Å². The van der Waals surface area contributed by atoms with Crippen LogP contribution in [0.4, 0.5) is 5.69 Å². The van der Waals surface area contributed by atoms with E-state index in [1.165, 1.54) is 12.1 Å². The number of carbonyl (C=O) groups is 2. The predicted molar refractivity (Wildman–Crippen MR) is 93.3 cm³/mol. The van der Waals surface area contributed by atoms with Crippen molar-refractivity contribution in [2.75, 3.05) is 11.9 Å². The Bertz CT molecular complexity index is 957. The van der Waals surface area contributed by atoms with Crippen LogP contribution in [0.3, 0.4) is 0 Å². The molecule has 8 heteroatoms. The Balaban J connectivity index is 1.69. The van der Waals surface area contributed by atoms with Gasteiger partial charge in [-0.25, -0.2) is 0 Å². The van der Waals surface area contributed by atoms with E-state index < -0.39 is 17.0 Å². The quantitative estimate of drug-likeness (QED) is 0.608. The van der Waals surface area contributed by atoms with E-state index in [-0.39, 0.29) is 34.8 Å². The average molecular weight is 342 g/mol. The van der Waals surface area contributed by atoms with Gasteiger partial charge >= 0.3 is 0 Å². The number of fused-ring (bicyclic) bond motifs is 1. The highest BCUT2D eigenvalue weighted by Crippen LogP contribution is 2.18. The Morgan fingerprint density at radius 2 is 1.92 bits per heavy atom. The van der Waals surface area contributed by atoms with Gasteiger partial charge in [-0.2, -0.15) is 0 Å². The lowest BCUT2D eigenvalue weighted by atomic mass is 9.94. The molecule has 1 aromatic carbocycles. The molecule has 0 aliphatic heterocycles. The highest BCUT2D eigenvalue weighted by atomic mass is 16.2. The fourth-order valence-corrected chi connectivity index (χ4v) is 2.87. The van der Waals surface area contributed by atoms with E-state index in [1.54, 1.807) is 6.07 Å². The summed E-state index contributed by atoms with van der Waals surface area (Å²) in [5.74, 6) is -0.740. The molecule has 1 heterocycles. The molecule has 25 heavy (non-hydrogen) atoms. The molecular weight excluding hydrogens is 324 g/mol. The van der Waals surface area contributed by atoms with Crippen LogP contribution >= 0.6 is 0 Å². The van der Waals surface area contributed by atoms with E-state index >= 15 is 0 Å². The molecule has 0 spiro atoms. The molecular formula is C17H18N4O4. The van der Waals surface area contributed by atoms with Crippen LogP contribution in [0.2, 0.25) is 0 Å². The zero-order valence-corrected chi connectivity index (χ0v) is 13.4. The fraction of sp³-hybridized carbons (Fsp3) is 0.294. The summed E-state index contributed by atoms with van der Waals surface area (Å²) in [5, 5.41) is 9.92. The molecule has 130 valence electrons. The largest absolute Gasteiger partial charge is 0.347 e. The maximum absolute atomic E-state index is 12.1. The molecule has 2 aromatic rings. The minimum atomic E-state index is -0.511. The smallest absolute Gasteiger partial charge is 0.272 e. The van der Waals surface area contributed by atoms with Crippen molar-refractivity contribution in [1.82, 2.24) is 15.5 Å². The van der Waals surface area contributed by atoms with Crippen LogP contribution in [0.1, 0.15) is 19.3 Å². The van der Waals surface area contributed by atoms with Crippen LogP contribution in [0, 0.1) is 5.92 Å². The summed E-state index contributed by atoms with van der Waals surface area (Å²) in [5.41, 5.74) is -0.738. The van der Waals surface area contributed by atoms with Crippen molar-refractivity contribution in [3.8, 4) is 0 Å². The maximum atomic E-state index is 12.1. The van der Waals surface area contributed by atoms with Gasteiger partial charge in [0.2, 0.25) is 11.8 Å². The van der Waals surface area contributed by atoms with Crippen molar-refractivity contribution >= 4 is 28.3 Å². The lowest BCUT2D eigenvalue weighted by molar-refractivity contribution is -0.127. The first-order valence-corrected chi connectivity index (χ1v) is 8.02. The molecule has 1 aromatic heterocycles. The molecule has 8 nitrogen and oxygen atoms in total. The zero-order chi connectivity index (χ0) is 17.8. The first-order chi connectivity index (χ1) is 12.1. The Labute approximate surface area is 142 Å². The van der Waals surface area contributed by atoms with Gasteiger partial charge in [-0.1, -0.05) is 18.2 Å². The van der Waals surface area contributed by atoms with Gasteiger partial charge in [0.05, 0.1) is 23.0 Å². The van der Waals surface area contributed by atoms with Crippen LogP contribution in [-0.2, 0) is 9.59 Å². The minimum Gasteiger partial charge on any atom is -0.347 e. The molecule has 3 rings (SSSR count). The molecule has 0 saturated heterocycles. The Morgan fingerprint density at radius 1 is 1.12 bits per heavy atom. The number of nitrogens with one attached hydrogen (secondary N) is 4. The second-order valence-corrected chi connectivity index (χ2v) is 5.88. The van der Waals surface area contributed by atoms with Gasteiger partial charge in [0.15, 0.2) is 0 Å². The van der Waals surface area contributed by atoms with E-state index in [0.29, 0.717) is 6.42 Å². The first kappa shape index (κ1) is 16.7. The molecule has 1 aliphatic carbocycles. The molecule has 1 aliphatic rings. The van der Waals surface area contributed by atoms with E-state index in [0.717, 1.165) is 12.8 Å². The van der Waals surface area contributed by atoms with Gasteiger partial charge in [0.1, 0.15) is 0 Å². The average Bonchev–Trinajstić information content (AvgIpc) is 2.63. The van der Waals surface area contributed by atoms with Crippen molar-refractivity contribution in [1.29, 1.82) is 0 Å². The molecule has 4 N–H and O–H groups in total. The Morgan fingerprint density at radius 3 is 2.68 bits per heavy atom. The summed E-state index contributed by atoms with van der Waals surface area (Å²) < 4.78 is 0. The third-order valence-electron chi connectivity index (χ3n) is 4.16. The molecule has 0 unspecified atom stereocenters. The van der Waals surface area contributed by atoms with E-state index in [9.17, 15) is 19.2 Å². The third-order valence-corrected chi connectivity index (χ3v) is 4.16. The maximum Gasteiger partial charge on any atom is 0.272 e. The summed E-state index contributed by atoms with van der Waals surface area (Å²) in [6, 6.07) is 4.60. The summed E-state index contributed by atoms with van der Waals surface area (Å²) in [4.78, 5) is 47.9. The molecule has 0 radical (unpaired) electrons. The SMILES string of the molecule is O=C(CNC(=O)[C@H]1CC=CCC1)Nc1cccc2c(=O)[nH][nH]c(=O)c12. The summed E-state index contributed by atoms with van der Waals surface area (Å²) >= 11 is 0. The highest BCUT2D eigenvalue weighted by molar-refractivity contribution is 6.02. The summed E-state index contributed by atoms with van der Waals surface area (Å²) in [6.45, 7) is -0.198. The minimum absolute atomic E-state index is 0.100. The Kier molecular flexibility index (Phi) is 4.78. The number of allylic oxidation sites excluding steroid dienone is 2. The van der Waals surface area contributed by atoms with Crippen LogP contribution in [0.15, 0.2) is 39.9 Å². The van der Waals surface area contributed by atoms with Gasteiger partial charge in [-0.15, -0.1) is 0 Å². The van der Waals surface area contributed by atoms with Crippen LogP contribution < -0.4 is 21.8 Å². The molecule has 0 fully saturated rings. The number of amides is 2. The van der Waals surface area contributed by atoms with E-state index in [4.69, 9.17) is 0 Å². The monoisotopic (exact) mass is 342 g/mol. The number of hydrogen-bond acceptors (Lipinski definition) is 4. The number of carbonyl (C=O) groups excluding carboxylic acids is 2. The van der Waals surface area contributed by atoms with Gasteiger partial charge in [-0.05, 0) is 31.4 Å². The molecule has 1 atom stereocenters. The van der Waals surface area contributed by atoms with Crippen LogP contribution in [0.5, 0.6) is 0 Å². The number of aromatic amines is 2. The first-order valence-electron chi connectivity index (χ1n) is 8.02. The van der Waals surface area contributed by atoms with Crippen molar-refractivity contribution < 1.29 is 9.59 Å². The number of rotatable bonds is 4. The van der Waals surface area contributed by atoms with E-state index in [1.807, 2.05) is 12.2 Å². The van der Waals surface area contributed by atoms with Crippen molar-refractivity contribution in [2.45, 2.75) is 19.3 Å². The van der Waals surface area contributed by atoms with Crippen LogP contribution in [0.25, 0.3) is 10.8 Å². The molecule has 2 amide bonds. The second kappa shape index (κ2) is 7.16. The lowest BCUT2D eigenvalue weighted by Gasteiger charge is -2.17. The summed E-state index contributed by atoms with van der Waals surface area (Å²) in [6.07, 6.45) is 6.31. The highest BCUT2D eigenvalue weighted by Gasteiger charge is 2.19. The van der Waals surface area contributed by atoms with Crippen molar-refractivity contribution in [2.24, 2.45) is 5.92 Å². The standard InChI is InChI=1S/C17H18N4O4/c22-13(9-18-15(23)10-5-2-1-3-6-10)19-12-8-4-7-11-14(12)17(25)21-20-16(11)24/h1-2,4,7-8,10H,3,5-6,9H2,(H,18,23)(H,19,22)(H,20,24)(H,21,25)/t10-/m0/s1. The topological polar surface area (TPSA) is 124 Å².